The number of hydrogen-bond acceptors (Lipinski definition) is 3. The van der Waals surface area contributed by atoms with Crippen LogP contribution in [0.2, 0.25) is 0 Å². The van der Waals surface area contributed by atoms with E-state index < -0.39 is 11.5 Å². The second-order valence-electron chi connectivity index (χ2n) is 4.29. The molecule has 5 nitrogen and oxygen atoms in total. The van der Waals surface area contributed by atoms with Gasteiger partial charge in [-0.1, -0.05) is 13.8 Å². The number of hydrogen-bond donors (Lipinski definition) is 3. The number of carboxylic acids is 1. The predicted molar refractivity (Wildman–Crippen MR) is 60.0 cm³/mol. The summed E-state index contributed by atoms with van der Waals surface area (Å²) in [5.41, 5.74) is -1.22. The molecule has 0 aromatic rings. The fourth-order valence-electron chi connectivity index (χ4n) is 1.73. The molecule has 1 unspecified atom stereocenters. The molecule has 0 radical (unpaired) electrons. The summed E-state index contributed by atoms with van der Waals surface area (Å²) < 4.78 is 0. The zero-order chi connectivity index (χ0) is 12.8. The van der Waals surface area contributed by atoms with Gasteiger partial charge in [-0.2, -0.15) is 0 Å². The van der Waals surface area contributed by atoms with Crippen LogP contribution in [0, 0.1) is 5.92 Å². The number of amides is 1. The molecule has 0 heterocycles. The fraction of sp³-hybridized carbons (Fsp3) is 0.818. The lowest BCUT2D eigenvalue weighted by molar-refractivity contribution is -0.150. The second-order valence-corrected chi connectivity index (χ2v) is 4.29. The Hall–Kier alpha value is -1.10. The zero-order valence-electron chi connectivity index (χ0n) is 10.1. The Labute approximate surface area is 95.9 Å². The van der Waals surface area contributed by atoms with E-state index >= 15 is 0 Å². The topological polar surface area (TPSA) is 86.6 Å². The van der Waals surface area contributed by atoms with Crippen LogP contribution in [0.3, 0.4) is 0 Å². The Morgan fingerprint density at radius 1 is 1.31 bits per heavy atom. The predicted octanol–water partition coefficient (Wildman–Crippen LogP) is 0.764. The van der Waals surface area contributed by atoms with E-state index in [0.29, 0.717) is 19.3 Å². The molecule has 1 amide bonds. The van der Waals surface area contributed by atoms with Crippen molar-refractivity contribution in [2.24, 2.45) is 5.92 Å². The molecule has 0 aliphatic carbocycles. The summed E-state index contributed by atoms with van der Waals surface area (Å²) in [5, 5.41) is 20.5. The first-order chi connectivity index (χ1) is 7.36. The Balaban J connectivity index is 4.80. The average molecular weight is 231 g/mol. The number of carbonyl (C=O) groups is 2. The summed E-state index contributed by atoms with van der Waals surface area (Å²) >= 11 is 0. The van der Waals surface area contributed by atoms with Crippen molar-refractivity contribution < 1.29 is 19.8 Å². The Bertz CT molecular complexity index is 252. The van der Waals surface area contributed by atoms with Crippen molar-refractivity contribution in [2.75, 3.05) is 6.61 Å². The third-order valence-corrected chi connectivity index (χ3v) is 2.75. The van der Waals surface area contributed by atoms with Crippen molar-refractivity contribution in [3.05, 3.63) is 0 Å². The van der Waals surface area contributed by atoms with Gasteiger partial charge in [-0.05, 0) is 25.2 Å². The van der Waals surface area contributed by atoms with Crippen LogP contribution in [0.25, 0.3) is 0 Å². The van der Waals surface area contributed by atoms with E-state index in [9.17, 15) is 14.7 Å². The maximum Gasteiger partial charge on any atom is 0.329 e. The van der Waals surface area contributed by atoms with Crippen molar-refractivity contribution in [3.63, 3.8) is 0 Å². The van der Waals surface area contributed by atoms with Crippen molar-refractivity contribution in [1.82, 2.24) is 5.32 Å². The Morgan fingerprint density at radius 3 is 2.19 bits per heavy atom. The number of carboxylic acid groups (broad SMARTS) is 1. The first-order valence-corrected chi connectivity index (χ1v) is 5.50. The number of aliphatic hydroxyl groups excluding tert-OH is 1. The molecular formula is C11H21NO4. The van der Waals surface area contributed by atoms with Crippen molar-refractivity contribution in [2.45, 2.75) is 45.6 Å². The van der Waals surface area contributed by atoms with Gasteiger partial charge in [0.1, 0.15) is 5.54 Å². The molecular weight excluding hydrogens is 210 g/mol. The molecule has 5 heteroatoms. The highest BCUT2D eigenvalue weighted by atomic mass is 16.4. The van der Waals surface area contributed by atoms with Crippen LogP contribution >= 0.6 is 0 Å². The molecule has 0 saturated carbocycles. The molecule has 0 aromatic heterocycles. The third kappa shape index (κ3) is 3.81. The van der Waals surface area contributed by atoms with Gasteiger partial charge in [0, 0.05) is 13.5 Å². The van der Waals surface area contributed by atoms with E-state index in [4.69, 9.17) is 5.11 Å². The largest absolute Gasteiger partial charge is 0.479 e. The smallest absolute Gasteiger partial charge is 0.329 e. The van der Waals surface area contributed by atoms with Crippen molar-refractivity contribution >= 4 is 11.9 Å². The van der Waals surface area contributed by atoms with E-state index in [0.717, 1.165) is 0 Å². The molecule has 3 N–H and O–H groups in total. The molecule has 0 aliphatic rings. The maximum absolute atomic E-state index is 11.3. The summed E-state index contributed by atoms with van der Waals surface area (Å²) in [6.07, 6.45) is 1.45. The van der Waals surface area contributed by atoms with Gasteiger partial charge in [-0.3, -0.25) is 4.79 Å². The average Bonchev–Trinajstić information content (AvgIpc) is 2.15. The molecule has 0 saturated heterocycles. The van der Waals surface area contributed by atoms with Crippen LogP contribution in [0.1, 0.15) is 40.0 Å². The first-order valence-electron chi connectivity index (χ1n) is 5.50. The van der Waals surface area contributed by atoms with Crippen molar-refractivity contribution in [3.8, 4) is 0 Å². The Kier molecular flexibility index (Phi) is 6.03. The molecule has 0 aliphatic heterocycles. The molecule has 0 spiro atoms. The highest BCUT2D eigenvalue weighted by Gasteiger charge is 2.41. The first kappa shape index (κ1) is 14.9. The van der Waals surface area contributed by atoms with Gasteiger partial charge in [0.15, 0.2) is 0 Å². The normalized spacial score (nSPS) is 14.6. The number of nitrogens with one attached hydrogen (secondary N) is 1. The maximum atomic E-state index is 11.3. The monoisotopic (exact) mass is 231 g/mol. The molecule has 1 atom stereocenters. The molecule has 0 bridgehead atoms. The van der Waals surface area contributed by atoms with Crippen LogP contribution < -0.4 is 5.32 Å². The minimum atomic E-state index is -1.22. The van der Waals surface area contributed by atoms with Gasteiger partial charge < -0.3 is 15.5 Å². The van der Waals surface area contributed by atoms with Crippen LogP contribution in [-0.2, 0) is 9.59 Å². The van der Waals surface area contributed by atoms with Gasteiger partial charge in [0.05, 0.1) is 0 Å². The summed E-state index contributed by atoms with van der Waals surface area (Å²) in [4.78, 5) is 22.4. The lowest BCUT2D eigenvalue weighted by Gasteiger charge is -2.34. The van der Waals surface area contributed by atoms with Crippen LogP contribution in [0.4, 0.5) is 0 Å². The molecule has 0 aromatic carbocycles. The number of rotatable bonds is 7. The van der Waals surface area contributed by atoms with E-state index in [1.807, 2.05) is 0 Å². The van der Waals surface area contributed by atoms with E-state index in [1.54, 1.807) is 13.8 Å². The van der Waals surface area contributed by atoms with E-state index in [-0.39, 0.29) is 18.4 Å². The SMILES string of the molecule is CC(=O)NC(CCCCO)(C(=O)O)C(C)C. The quantitative estimate of drug-likeness (QED) is 0.565. The fourth-order valence-corrected chi connectivity index (χ4v) is 1.73. The third-order valence-electron chi connectivity index (χ3n) is 2.75. The number of aliphatic hydroxyl groups is 1. The van der Waals surface area contributed by atoms with Gasteiger partial charge in [-0.15, -0.1) is 0 Å². The second kappa shape index (κ2) is 6.48. The molecule has 94 valence electrons. The minimum absolute atomic E-state index is 0.0356. The lowest BCUT2D eigenvalue weighted by Crippen LogP contribution is -2.57. The van der Waals surface area contributed by atoms with Crippen LogP contribution in [0.5, 0.6) is 0 Å². The number of unbranched alkanes of at least 4 members (excludes halogenated alkanes) is 1. The lowest BCUT2D eigenvalue weighted by atomic mass is 9.81. The van der Waals surface area contributed by atoms with Gasteiger partial charge >= 0.3 is 5.97 Å². The standard InChI is InChI=1S/C11H21NO4/c1-8(2)11(10(15)16,12-9(3)14)6-4-5-7-13/h8,13H,4-7H2,1-3H3,(H,12,14)(H,15,16). The molecule has 16 heavy (non-hydrogen) atoms. The van der Waals surface area contributed by atoms with Crippen molar-refractivity contribution in [1.29, 1.82) is 0 Å². The summed E-state index contributed by atoms with van der Waals surface area (Å²) in [6, 6.07) is 0. The minimum Gasteiger partial charge on any atom is -0.479 e. The van der Waals surface area contributed by atoms with Gasteiger partial charge in [0.25, 0.3) is 0 Å². The highest BCUT2D eigenvalue weighted by Crippen LogP contribution is 2.24. The summed E-state index contributed by atoms with van der Waals surface area (Å²) in [7, 11) is 0. The summed E-state index contributed by atoms with van der Waals surface area (Å²) in [6.45, 7) is 4.88. The van der Waals surface area contributed by atoms with E-state index in [1.165, 1.54) is 6.92 Å². The van der Waals surface area contributed by atoms with Crippen LogP contribution in [-0.4, -0.2) is 34.2 Å². The number of aliphatic carboxylic acids is 1. The highest BCUT2D eigenvalue weighted by molar-refractivity contribution is 5.86. The molecule has 0 rings (SSSR count). The Morgan fingerprint density at radius 2 is 1.88 bits per heavy atom. The van der Waals surface area contributed by atoms with E-state index in [2.05, 4.69) is 5.32 Å². The molecule has 0 fully saturated rings. The van der Waals surface area contributed by atoms with Gasteiger partial charge in [0.2, 0.25) is 5.91 Å². The summed E-state index contributed by atoms with van der Waals surface area (Å²) in [5.74, 6) is -1.57. The number of carbonyl (C=O) groups excluding carboxylic acids is 1. The zero-order valence-corrected chi connectivity index (χ0v) is 10.1. The van der Waals surface area contributed by atoms with Gasteiger partial charge in [-0.25, -0.2) is 4.79 Å². The van der Waals surface area contributed by atoms with Crippen LogP contribution in [0.15, 0.2) is 0 Å².